The highest BCUT2D eigenvalue weighted by molar-refractivity contribution is 14.1. The molecule has 0 N–H and O–H groups in total. The van der Waals surface area contributed by atoms with Crippen LogP contribution in [0.25, 0.3) is 28.7 Å². The van der Waals surface area contributed by atoms with Crippen LogP contribution < -0.4 is 5.56 Å². The second-order valence-corrected chi connectivity index (χ2v) is 8.65. The van der Waals surface area contributed by atoms with E-state index in [-0.39, 0.29) is 5.56 Å². The number of fused-ring (bicyclic) bond motifs is 1. The summed E-state index contributed by atoms with van der Waals surface area (Å²) < 4.78 is 2.50. The van der Waals surface area contributed by atoms with Crippen molar-refractivity contribution >= 4 is 68.8 Å². The third-order valence-electron chi connectivity index (χ3n) is 4.61. The van der Waals surface area contributed by atoms with E-state index in [0.29, 0.717) is 32.5 Å². The van der Waals surface area contributed by atoms with Crippen LogP contribution >= 0.6 is 45.8 Å². The van der Waals surface area contributed by atoms with Gasteiger partial charge >= 0.3 is 0 Å². The van der Waals surface area contributed by atoms with E-state index in [2.05, 4.69) is 22.6 Å². The highest BCUT2D eigenvalue weighted by Crippen LogP contribution is 2.26. The first-order valence-electron chi connectivity index (χ1n) is 8.85. The maximum absolute atomic E-state index is 13.4. The van der Waals surface area contributed by atoms with Gasteiger partial charge in [0, 0.05) is 8.59 Å². The molecule has 0 bridgehead atoms. The fourth-order valence-corrected chi connectivity index (χ4v) is 4.10. The molecule has 0 unspecified atom stereocenters. The Morgan fingerprint density at radius 2 is 1.79 bits per heavy atom. The zero-order valence-corrected chi connectivity index (χ0v) is 19.0. The molecule has 1 aromatic heterocycles. The molecule has 0 radical (unpaired) electrons. The van der Waals surface area contributed by atoms with Gasteiger partial charge < -0.3 is 0 Å². The van der Waals surface area contributed by atoms with E-state index in [9.17, 15) is 4.79 Å². The van der Waals surface area contributed by atoms with E-state index >= 15 is 0 Å². The summed E-state index contributed by atoms with van der Waals surface area (Å²) in [6.45, 7) is 2.04. The SMILES string of the molecule is Cc1ccccc1/C=C/c1nc2ccc(I)cc2c(=O)n1-c1ccc(Cl)cc1Cl. The lowest BCUT2D eigenvalue weighted by atomic mass is 10.1. The molecule has 0 amide bonds. The summed E-state index contributed by atoms with van der Waals surface area (Å²) in [5, 5.41) is 1.43. The van der Waals surface area contributed by atoms with Crippen molar-refractivity contribution in [2.24, 2.45) is 0 Å². The number of halogens is 3. The van der Waals surface area contributed by atoms with Gasteiger partial charge in [-0.3, -0.25) is 9.36 Å². The minimum atomic E-state index is -0.179. The van der Waals surface area contributed by atoms with E-state index in [4.69, 9.17) is 28.2 Å². The van der Waals surface area contributed by atoms with E-state index in [1.807, 2.05) is 61.5 Å². The molecule has 4 aromatic rings. The van der Waals surface area contributed by atoms with Gasteiger partial charge in [-0.25, -0.2) is 4.98 Å². The van der Waals surface area contributed by atoms with Gasteiger partial charge in [0.05, 0.1) is 21.6 Å². The molecule has 0 saturated heterocycles. The molecular formula is C23H15Cl2IN2O. The Hall–Kier alpha value is -2.15. The average Bonchev–Trinajstić information content (AvgIpc) is 2.69. The molecule has 1 heterocycles. The van der Waals surface area contributed by atoms with E-state index in [0.717, 1.165) is 14.7 Å². The highest BCUT2D eigenvalue weighted by atomic mass is 127. The second kappa shape index (κ2) is 8.30. The molecule has 0 aliphatic carbocycles. The van der Waals surface area contributed by atoms with Gasteiger partial charge in [-0.15, -0.1) is 0 Å². The normalized spacial score (nSPS) is 11.4. The summed E-state index contributed by atoms with van der Waals surface area (Å²) in [6.07, 6.45) is 3.79. The molecule has 3 nitrogen and oxygen atoms in total. The van der Waals surface area contributed by atoms with Crippen LogP contribution in [0.2, 0.25) is 10.0 Å². The molecular weight excluding hydrogens is 518 g/mol. The fraction of sp³-hybridized carbons (Fsp3) is 0.0435. The maximum atomic E-state index is 13.4. The molecule has 29 heavy (non-hydrogen) atoms. The Morgan fingerprint density at radius 3 is 2.55 bits per heavy atom. The van der Waals surface area contributed by atoms with Crippen molar-refractivity contribution in [1.82, 2.24) is 9.55 Å². The van der Waals surface area contributed by atoms with Crippen LogP contribution in [0, 0.1) is 10.5 Å². The molecule has 6 heteroatoms. The highest BCUT2D eigenvalue weighted by Gasteiger charge is 2.14. The van der Waals surface area contributed by atoms with Crippen molar-refractivity contribution in [3.63, 3.8) is 0 Å². The van der Waals surface area contributed by atoms with Gasteiger partial charge in [0.1, 0.15) is 5.82 Å². The third-order valence-corrected chi connectivity index (χ3v) is 5.82. The van der Waals surface area contributed by atoms with Crippen molar-refractivity contribution in [2.75, 3.05) is 0 Å². The Labute approximate surface area is 191 Å². The monoisotopic (exact) mass is 532 g/mol. The van der Waals surface area contributed by atoms with Crippen LogP contribution in [-0.4, -0.2) is 9.55 Å². The Balaban J connectivity index is 2.00. The lowest BCUT2D eigenvalue weighted by Crippen LogP contribution is -2.22. The lowest BCUT2D eigenvalue weighted by molar-refractivity contribution is 0.944. The number of benzene rings is 3. The lowest BCUT2D eigenvalue weighted by Gasteiger charge is -2.13. The van der Waals surface area contributed by atoms with Crippen LogP contribution in [-0.2, 0) is 0 Å². The van der Waals surface area contributed by atoms with E-state index in [1.54, 1.807) is 18.2 Å². The predicted molar refractivity (Wildman–Crippen MR) is 130 cm³/mol. The van der Waals surface area contributed by atoms with Crippen LogP contribution in [0.15, 0.2) is 65.5 Å². The average molecular weight is 533 g/mol. The third kappa shape index (κ3) is 4.10. The van der Waals surface area contributed by atoms with Crippen molar-refractivity contribution in [2.45, 2.75) is 6.92 Å². The molecule has 0 spiro atoms. The largest absolute Gasteiger partial charge is 0.268 e. The smallest absolute Gasteiger partial charge is 0.266 e. The van der Waals surface area contributed by atoms with Gasteiger partial charge in [0.25, 0.3) is 5.56 Å². The molecule has 144 valence electrons. The standard InChI is InChI=1S/C23H15Cl2IN2O/c1-14-4-2-3-5-15(14)6-11-22-27-20-9-8-17(26)13-18(20)23(29)28(22)21-10-7-16(24)12-19(21)25/h2-13H,1H3/b11-6+. The Morgan fingerprint density at radius 1 is 1.00 bits per heavy atom. The van der Waals surface area contributed by atoms with Crippen molar-refractivity contribution in [3.05, 3.63) is 102 Å². The molecule has 0 saturated carbocycles. The van der Waals surface area contributed by atoms with Crippen LogP contribution in [0.4, 0.5) is 0 Å². The maximum Gasteiger partial charge on any atom is 0.266 e. The van der Waals surface area contributed by atoms with Crippen molar-refractivity contribution in [3.8, 4) is 5.69 Å². The number of rotatable bonds is 3. The summed E-state index contributed by atoms with van der Waals surface area (Å²) in [6, 6.07) is 18.7. The second-order valence-electron chi connectivity index (χ2n) is 6.56. The first-order valence-corrected chi connectivity index (χ1v) is 10.7. The first kappa shape index (κ1) is 20.1. The zero-order valence-electron chi connectivity index (χ0n) is 15.4. The van der Waals surface area contributed by atoms with Crippen LogP contribution in [0.5, 0.6) is 0 Å². The van der Waals surface area contributed by atoms with Gasteiger partial charge in [0.2, 0.25) is 0 Å². The molecule has 0 aliphatic heterocycles. The minimum Gasteiger partial charge on any atom is -0.268 e. The molecule has 0 atom stereocenters. The van der Waals surface area contributed by atoms with E-state index < -0.39 is 0 Å². The molecule has 3 aromatic carbocycles. The molecule has 0 aliphatic rings. The van der Waals surface area contributed by atoms with Gasteiger partial charge in [-0.2, -0.15) is 0 Å². The zero-order chi connectivity index (χ0) is 20.5. The van der Waals surface area contributed by atoms with E-state index in [1.165, 1.54) is 4.57 Å². The number of hydrogen-bond acceptors (Lipinski definition) is 2. The quantitative estimate of drug-likeness (QED) is 0.273. The van der Waals surface area contributed by atoms with Gasteiger partial charge in [0.15, 0.2) is 0 Å². The first-order chi connectivity index (χ1) is 13.9. The minimum absolute atomic E-state index is 0.179. The summed E-state index contributed by atoms with van der Waals surface area (Å²) in [5.41, 5.74) is 3.19. The number of hydrogen-bond donors (Lipinski definition) is 0. The number of nitrogens with zero attached hydrogens (tertiary/aromatic N) is 2. The van der Waals surface area contributed by atoms with Crippen LogP contribution in [0.3, 0.4) is 0 Å². The Bertz CT molecular complexity index is 1330. The van der Waals surface area contributed by atoms with Gasteiger partial charge in [-0.1, -0.05) is 53.5 Å². The van der Waals surface area contributed by atoms with Crippen LogP contribution in [0.1, 0.15) is 17.0 Å². The topological polar surface area (TPSA) is 34.9 Å². The fourth-order valence-electron chi connectivity index (χ4n) is 3.12. The summed E-state index contributed by atoms with van der Waals surface area (Å²) in [7, 11) is 0. The Kier molecular flexibility index (Phi) is 5.76. The number of aryl methyl sites for hydroxylation is 1. The summed E-state index contributed by atoms with van der Waals surface area (Å²) in [4.78, 5) is 18.2. The summed E-state index contributed by atoms with van der Waals surface area (Å²) >= 11 is 14.7. The molecule has 0 fully saturated rings. The number of aromatic nitrogens is 2. The van der Waals surface area contributed by atoms with Gasteiger partial charge in [-0.05, 0) is 83.1 Å². The van der Waals surface area contributed by atoms with Crippen molar-refractivity contribution < 1.29 is 0 Å². The molecule has 4 rings (SSSR count). The van der Waals surface area contributed by atoms with Crippen molar-refractivity contribution in [1.29, 1.82) is 0 Å². The predicted octanol–water partition coefficient (Wildman–Crippen LogP) is 6.78. The summed E-state index contributed by atoms with van der Waals surface area (Å²) in [5.74, 6) is 0.496.